The lowest BCUT2D eigenvalue weighted by atomic mass is 9.99. The molecule has 1 aliphatic rings. The molecule has 4 aromatic rings. The van der Waals surface area contributed by atoms with Gasteiger partial charge in [0, 0.05) is 48.4 Å². The van der Waals surface area contributed by atoms with E-state index in [0.29, 0.717) is 17.1 Å². The molecule has 5 atom stereocenters. The van der Waals surface area contributed by atoms with Gasteiger partial charge in [0.1, 0.15) is 35.7 Å². The highest BCUT2D eigenvalue weighted by molar-refractivity contribution is 5.98. The first kappa shape index (κ1) is 44.9. The van der Waals surface area contributed by atoms with Crippen molar-refractivity contribution in [3.05, 3.63) is 83.7 Å². The van der Waals surface area contributed by atoms with Gasteiger partial charge in [-0.1, -0.05) is 71.9 Å². The fraction of sp³-hybridized carbons (Fsp3) is 0.477. The van der Waals surface area contributed by atoms with Gasteiger partial charge < -0.3 is 45.6 Å². The first-order valence-electron chi connectivity index (χ1n) is 20.5. The van der Waals surface area contributed by atoms with Crippen LogP contribution in [0, 0.1) is 11.8 Å². The van der Waals surface area contributed by atoms with Crippen LogP contribution in [0.5, 0.6) is 5.75 Å². The Balaban J connectivity index is 1.56. The number of para-hydroxylation sites is 1. The smallest absolute Gasteiger partial charge is 0.276 e. The van der Waals surface area contributed by atoms with Gasteiger partial charge in [0.05, 0.1) is 13.7 Å². The lowest BCUT2D eigenvalue weighted by Gasteiger charge is -2.32. The maximum atomic E-state index is 14.4. The van der Waals surface area contributed by atoms with Crippen LogP contribution in [0.25, 0.3) is 10.9 Å². The molecule has 5 rings (SSSR count). The molecule has 0 bridgehead atoms. The molecule has 0 radical (unpaired) electrons. The monoisotopic (exact) mass is 826 g/mol. The first-order valence-corrected chi connectivity index (χ1v) is 20.5. The summed E-state index contributed by atoms with van der Waals surface area (Å²) in [5.74, 6) is -3.26. The summed E-state index contributed by atoms with van der Waals surface area (Å²) < 4.78 is 10.9. The highest BCUT2D eigenvalue weighted by Crippen LogP contribution is 2.22. The molecule has 0 saturated carbocycles. The van der Waals surface area contributed by atoms with E-state index in [-0.39, 0.29) is 49.3 Å². The fourth-order valence-corrected chi connectivity index (χ4v) is 7.14. The number of nitrogens with one attached hydrogen (secondary N) is 6. The Kier molecular flexibility index (Phi) is 15.1. The number of aromatic amines is 1. The van der Waals surface area contributed by atoms with E-state index in [1.54, 1.807) is 37.6 Å². The van der Waals surface area contributed by atoms with Crippen molar-refractivity contribution >= 4 is 46.3 Å². The van der Waals surface area contributed by atoms with Crippen molar-refractivity contribution in [3.8, 4) is 5.75 Å². The van der Waals surface area contributed by atoms with Crippen molar-refractivity contribution in [2.45, 2.75) is 104 Å². The molecule has 0 unspecified atom stereocenters. The second-order valence-electron chi connectivity index (χ2n) is 16.5. The Hall–Kier alpha value is -6.19. The highest BCUT2D eigenvalue weighted by atomic mass is 16.5. The number of rotatable bonds is 10. The summed E-state index contributed by atoms with van der Waals surface area (Å²) in [7, 11) is 1.54. The largest absolute Gasteiger partial charge is 0.497 e. The SMILES string of the molecule is COc1ccc(C[C@@H]2NC(=O)[C@H](CC(C)C)NC(=O)[C@@H](Cc3c[nH]c4ccccc34)NC(=O)CN(C(=O)c3ncoc3C(C)C)C[C@H](C(C)C)NC(=O)[C@@H](C)NC2=O)cc1. The van der Waals surface area contributed by atoms with Crippen LogP contribution in [0.2, 0.25) is 0 Å². The van der Waals surface area contributed by atoms with Gasteiger partial charge in [-0.15, -0.1) is 0 Å². The predicted octanol–water partition coefficient (Wildman–Crippen LogP) is 3.38. The summed E-state index contributed by atoms with van der Waals surface area (Å²) in [5.41, 5.74) is 2.30. The standard InChI is InChI=1S/C44H58N8O8/c1-24(2)17-33-42(56)50-34(18-28-13-15-30(59-8)16-14-28)41(55)47-27(7)40(54)51-36(25(3)4)21-52(44(58)38-39(26(5)6)60-23-46-38)22-37(53)48-35(43(57)49-33)19-29-20-45-32-12-10-9-11-31(29)32/h9-16,20,23-27,33-36,45H,17-19,21-22H2,1-8H3,(H,47,55)(H,48,53)(H,49,57)(H,50,56)(H,51,54)/t27-,33+,34+,35-,36-/m1/s1. The molecule has 1 saturated heterocycles. The van der Waals surface area contributed by atoms with Crippen molar-refractivity contribution in [1.82, 2.24) is 41.5 Å². The van der Waals surface area contributed by atoms with Crippen molar-refractivity contribution in [2.75, 3.05) is 20.2 Å². The minimum atomic E-state index is -1.20. The number of carbonyl (C=O) groups excluding carboxylic acids is 6. The fourth-order valence-electron chi connectivity index (χ4n) is 7.14. The Morgan fingerprint density at radius 1 is 0.817 bits per heavy atom. The van der Waals surface area contributed by atoms with Crippen LogP contribution in [0.4, 0.5) is 0 Å². The number of ether oxygens (including phenoxy) is 1. The molecule has 3 heterocycles. The Morgan fingerprint density at radius 2 is 1.47 bits per heavy atom. The van der Waals surface area contributed by atoms with Crippen molar-refractivity contribution < 1.29 is 37.9 Å². The van der Waals surface area contributed by atoms with Crippen LogP contribution in [0.3, 0.4) is 0 Å². The third-order valence-electron chi connectivity index (χ3n) is 10.6. The molecular weight excluding hydrogens is 769 g/mol. The molecule has 6 N–H and O–H groups in total. The van der Waals surface area contributed by atoms with E-state index in [2.05, 4.69) is 36.6 Å². The minimum Gasteiger partial charge on any atom is -0.497 e. The Labute approximate surface area is 350 Å². The average molecular weight is 827 g/mol. The quantitative estimate of drug-likeness (QED) is 0.138. The van der Waals surface area contributed by atoms with Crippen LogP contribution < -0.4 is 31.3 Å². The minimum absolute atomic E-state index is 0.0212. The third kappa shape index (κ3) is 11.5. The maximum absolute atomic E-state index is 14.4. The van der Waals surface area contributed by atoms with Crippen molar-refractivity contribution in [1.29, 1.82) is 0 Å². The van der Waals surface area contributed by atoms with E-state index < -0.39 is 72.2 Å². The van der Waals surface area contributed by atoms with Gasteiger partial charge in [-0.25, -0.2) is 4.98 Å². The summed E-state index contributed by atoms with van der Waals surface area (Å²) in [6, 6.07) is 9.33. The molecule has 0 aliphatic carbocycles. The second kappa shape index (κ2) is 20.2. The number of nitrogens with zero attached hydrogens (tertiary/aromatic N) is 2. The van der Waals surface area contributed by atoms with Gasteiger partial charge in [0.15, 0.2) is 12.1 Å². The zero-order valence-corrected chi connectivity index (χ0v) is 35.6. The van der Waals surface area contributed by atoms with Crippen LogP contribution in [-0.4, -0.2) is 101 Å². The number of methoxy groups -OCH3 is 1. The second-order valence-corrected chi connectivity index (χ2v) is 16.5. The normalized spacial score (nSPS) is 21.6. The van der Waals surface area contributed by atoms with Gasteiger partial charge in [-0.05, 0) is 54.5 Å². The average Bonchev–Trinajstić information content (AvgIpc) is 3.87. The lowest BCUT2D eigenvalue weighted by Crippen LogP contribution is -2.60. The highest BCUT2D eigenvalue weighted by Gasteiger charge is 2.35. The van der Waals surface area contributed by atoms with E-state index in [0.717, 1.165) is 16.5 Å². The van der Waals surface area contributed by atoms with Gasteiger partial charge in [0.2, 0.25) is 29.5 Å². The summed E-state index contributed by atoms with van der Waals surface area (Å²) in [5, 5.41) is 15.1. The number of hydrogen-bond acceptors (Lipinski definition) is 9. The first-order chi connectivity index (χ1) is 28.5. The van der Waals surface area contributed by atoms with Crippen LogP contribution in [0.15, 0.2) is 65.5 Å². The molecular formula is C44H58N8O8. The van der Waals surface area contributed by atoms with Gasteiger partial charge in [0.25, 0.3) is 5.91 Å². The van der Waals surface area contributed by atoms with Gasteiger partial charge >= 0.3 is 0 Å². The van der Waals surface area contributed by atoms with Gasteiger partial charge in [-0.3, -0.25) is 28.8 Å². The third-order valence-corrected chi connectivity index (χ3v) is 10.6. The molecule has 6 amide bonds. The van der Waals surface area contributed by atoms with E-state index >= 15 is 0 Å². The number of hydrogen-bond donors (Lipinski definition) is 6. The summed E-state index contributed by atoms with van der Waals surface area (Å²) in [6.07, 6.45) is 3.24. The predicted molar refractivity (Wildman–Crippen MR) is 225 cm³/mol. The zero-order valence-electron chi connectivity index (χ0n) is 35.6. The summed E-state index contributed by atoms with van der Waals surface area (Å²) in [6.45, 7) is 12.1. The molecule has 322 valence electrons. The molecule has 2 aromatic heterocycles. The summed E-state index contributed by atoms with van der Waals surface area (Å²) in [4.78, 5) is 93.6. The molecule has 60 heavy (non-hydrogen) atoms. The number of H-pyrrole nitrogens is 1. The number of amides is 6. The van der Waals surface area contributed by atoms with Crippen LogP contribution >= 0.6 is 0 Å². The topological polar surface area (TPSA) is 217 Å². The molecule has 16 nitrogen and oxygen atoms in total. The number of oxazole rings is 1. The van der Waals surface area contributed by atoms with Gasteiger partial charge in [-0.2, -0.15) is 0 Å². The number of carbonyl (C=O) groups is 6. The molecule has 16 heteroatoms. The van der Waals surface area contributed by atoms with Crippen molar-refractivity contribution in [2.24, 2.45) is 11.8 Å². The van der Waals surface area contributed by atoms with Crippen LogP contribution in [0.1, 0.15) is 88.2 Å². The van der Waals surface area contributed by atoms with E-state index in [4.69, 9.17) is 9.15 Å². The van der Waals surface area contributed by atoms with E-state index in [1.807, 2.05) is 65.8 Å². The Morgan fingerprint density at radius 3 is 2.13 bits per heavy atom. The number of fused-ring (bicyclic) bond motifs is 1. The zero-order chi connectivity index (χ0) is 43.7. The molecule has 1 aliphatic heterocycles. The van der Waals surface area contributed by atoms with Crippen molar-refractivity contribution in [3.63, 3.8) is 0 Å². The molecule has 1 fully saturated rings. The van der Waals surface area contributed by atoms with E-state index in [9.17, 15) is 28.8 Å². The van der Waals surface area contributed by atoms with Crippen LogP contribution in [-0.2, 0) is 36.8 Å². The molecule has 0 spiro atoms. The lowest BCUT2D eigenvalue weighted by molar-refractivity contribution is -0.135. The Bertz CT molecular complexity index is 2140. The molecule has 2 aromatic carbocycles. The summed E-state index contributed by atoms with van der Waals surface area (Å²) >= 11 is 0. The van der Waals surface area contributed by atoms with E-state index in [1.165, 1.54) is 18.2 Å². The number of benzene rings is 2. The number of aromatic nitrogens is 2. The maximum Gasteiger partial charge on any atom is 0.276 e.